The second-order valence-electron chi connectivity index (χ2n) is 5.25. The van der Waals surface area contributed by atoms with Crippen LogP contribution in [0, 0.1) is 5.41 Å². The smallest absolute Gasteiger partial charge is 0.309 e. The van der Waals surface area contributed by atoms with E-state index in [1.165, 1.54) is 4.90 Å². The molecule has 1 aromatic rings. The molecule has 0 aliphatic carbocycles. The predicted octanol–water partition coefficient (Wildman–Crippen LogP) is 2.83. The predicted molar refractivity (Wildman–Crippen MR) is 72.0 cm³/mol. The summed E-state index contributed by atoms with van der Waals surface area (Å²) in [5.41, 5.74) is 0.383. The van der Waals surface area contributed by atoms with Gasteiger partial charge in [0.1, 0.15) is 0 Å². The highest BCUT2D eigenvalue weighted by Gasteiger charge is 2.29. The standard InChI is InChI=1S/C14H18O3S/c1-14(2,13(15)16)7-10-5-3-4-6-12(10)18-11-8-17-9-11/h3-6,11H,7-9H2,1-2H3,(H,15,16). The summed E-state index contributed by atoms with van der Waals surface area (Å²) in [5.74, 6) is -0.755. The number of ether oxygens (including phenoxy) is 1. The summed E-state index contributed by atoms with van der Waals surface area (Å²) in [6.45, 7) is 5.12. The van der Waals surface area contributed by atoms with Crippen molar-refractivity contribution in [3.05, 3.63) is 29.8 Å². The number of rotatable bonds is 5. The van der Waals surface area contributed by atoms with Gasteiger partial charge in [0.05, 0.1) is 23.9 Å². The highest BCUT2D eigenvalue weighted by atomic mass is 32.2. The van der Waals surface area contributed by atoms with Crippen LogP contribution >= 0.6 is 11.8 Å². The molecule has 0 bridgehead atoms. The molecule has 1 aliphatic heterocycles. The minimum absolute atomic E-state index is 0.513. The van der Waals surface area contributed by atoms with Gasteiger partial charge in [-0.05, 0) is 31.9 Å². The number of carboxylic acid groups (broad SMARTS) is 1. The Morgan fingerprint density at radius 2 is 2.11 bits per heavy atom. The van der Waals surface area contributed by atoms with Gasteiger partial charge in [-0.25, -0.2) is 0 Å². The van der Waals surface area contributed by atoms with Crippen molar-refractivity contribution >= 4 is 17.7 Å². The summed E-state index contributed by atoms with van der Waals surface area (Å²) in [6.07, 6.45) is 0.555. The van der Waals surface area contributed by atoms with Gasteiger partial charge in [0.15, 0.2) is 0 Å². The first-order valence-electron chi connectivity index (χ1n) is 6.05. The van der Waals surface area contributed by atoms with Crippen molar-refractivity contribution in [3.63, 3.8) is 0 Å². The fourth-order valence-corrected chi connectivity index (χ4v) is 2.91. The largest absolute Gasteiger partial charge is 0.481 e. The zero-order valence-corrected chi connectivity index (χ0v) is 11.5. The first kappa shape index (κ1) is 13.4. The topological polar surface area (TPSA) is 46.5 Å². The molecule has 2 rings (SSSR count). The van der Waals surface area contributed by atoms with E-state index in [9.17, 15) is 9.90 Å². The lowest BCUT2D eigenvalue weighted by molar-refractivity contribution is -0.146. The minimum Gasteiger partial charge on any atom is -0.481 e. The lowest BCUT2D eigenvalue weighted by atomic mass is 9.86. The number of thioether (sulfide) groups is 1. The molecule has 1 fully saturated rings. The SMILES string of the molecule is CC(C)(Cc1ccccc1SC1COC1)C(=O)O. The molecule has 1 heterocycles. The molecule has 98 valence electrons. The number of aliphatic carboxylic acids is 1. The minimum atomic E-state index is -0.755. The zero-order valence-electron chi connectivity index (χ0n) is 10.7. The molecule has 18 heavy (non-hydrogen) atoms. The molecule has 1 aromatic carbocycles. The van der Waals surface area contributed by atoms with Gasteiger partial charge in [0.2, 0.25) is 0 Å². The van der Waals surface area contributed by atoms with Crippen LogP contribution in [0.2, 0.25) is 0 Å². The van der Waals surface area contributed by atoms with E-state index in [1.54, 1.807) is 25.6 Å². The van der Waals surface area contributed by atoms with E-state index in [1.807, 2.05) is 18.2 Å². The van der Waals surface area contributed by atoms with Crippen LogP contribution in [0.3, 0.4) is 0 Å². The average Bonchev–Trinajstić information content (AvgIpc) is 2.24. The van der Waals surface area contributed by atoms with Crippen LogP contribution in [0.4, 0.5) is 0 Å². The Kier molecular flexibility index (Phi) is 3.97. The number of hydrogen-bond acceptors (Lipinski definition) is 3. The van der Waals surface area contributed by atoms with Gasteiger partial charge in [-0.1, -0.05) is 18.2 Å². The van der Waals surface area contributed by atoms with Crippen LogP contribution in [0.5, 0.6) is 0 Å². The van der Waals surface area contributed by atoms with E-state index >= 15 is 0 Å². The maximum Gasteiger partial charge on any atom is 0.309 e. The highest BCUT2D eigenvalue weighted by Crippen LogP contribution is 2.33. The van der Waals surface area contributed by atoms with Crippen LogP contribution in [-0.4, -0.2) is 29.5 Å². The lowest BCUT2D eigenvalue weighted by Crippen LogP contribution is -2.30. The summed E-state index contributed by atoms with van der Waals surface area (Å²) in [5, 5.41) is 9.72. The third-order valence-electron chi connectivity index (χ3n) is 3.09. The van der Waals surface area contributed by atoms with Crippen molar-refractivity contribution in [2.45, 2.75) is 30.4 Å². The third kappa shape index (κ3) is 3.06. The summed E-state index contributed by atoms with van der Waals surface area (Å²) < 4.78 is 5.17. The fraction of sp³-hybridized carbons (Fsp3) is 0.500. The summed E-state index contributed by atoms with van der Waals surface area (Å²) in [4.78, 5) is 12.4. The summed E-state index contributed by atoms with van der Waals surface area (Å²) >= 11 is 1.79. The second kappa shape index (κ2) is 5.33. The van der Waals surface area contributed by atoms with E-state index in [2.05, 4.69) is 6.07 Å². The Hall–Kier alpha value is -1.00. The summed E-state index contributed by atoms with van der Waals surface area (Å²) in [6, 6.07) is 8.05. The van der Waals surface area contributed by atoms with Crippen molar-refractivity contribution in [2.75, 3.05) is 13.2 Å². The van der Waals surface area contributed by atoms with Gasteiger partial charge in [0, 0.05) is 4.90 Å². The molecule has 0 amide bonds. The first-order valence-corrected chi connectivity index (χ1v) is 6.93. The van der Waals surface area contributed by atoms with Gasteiger partial charge in [0.25, 0.3) is 0 Å². The van der Waals surface area contributed by atoms with E-state index in [-0.39, 0.29) is 0 Å². The van der Waals surface area contributed by atoms with E-state index < -0.39 is 11.4 Å². The van der Waals surface area contributed by atoms with Crippen LogP contribution in [0.1, 0.15) is 19.4 Å². The Bertz CT molecular complexity index is 438. The van der Waals surface area contributed by atoms with Crippen molar-refractivity contribution in [1.82, 2.24) is 0 Å². The zero-order chi connectivity index (χ0) is 13.2. The highest BCUT2D eigenvalue weighted by molar-refractivity contribution is 8.00. The van der Waals surface area contributed by atoms with Crippen molar-refractivity contribution < 1.29 is 14.6 Å². The fourth-order valence-electron chi connectivity index (χ4n) is 1.78. The molecule has 1 aliphatic rings. The molecule has 1 N–H and O–H groups in total. The molecular formula is C14H18O3S. The van der Waals surface area contributed by atoms with E-state index in [4.69, 9.17) is 4.74 Å². The Balaban J connectivity index is 2.13. The number of carbonyl (C=O) groups is 1. The number of carboxylic acids is 1. The van der Waals surface area contributed by atoms with E-state index in [0.29, 0.717) is 11.7 Å². The van der Waals surface area contributed by atoms with Crippen molar-refractivity contribution in [3.8, 4) is 0 Å². The van der Waals surface area contributed by atoms with Gasteiger partial charge in [-0.15, -0.1) is 11.8 Å². The van der Waals surface area contributed by atoms with Crippen LogP contribution in [0.15, 0.2) is 29.2 Å². The Labute approximate surface area is 112 Å². The van der Waals surface area contributed by atoms with Gasteiger partial charge in [-0.2, -0.15) is 0 Å². The van der Waals surface area contributed by atoms with Gasteiger partial charge >= 0.3 is 5.97 Å². The molecule has 0 unspecified atom stereocenters. The van der Waals surface area contributed by atoms with E-state index in [0.717, 1.165) is 18.8 Å². The van der Waals surface area contributed by atoms with Gasteiger partial charge < -0.3 is 9.84 Å². The molecule has 0 atom stereocenters. The van der Waals surface area contributed by atoms with Crippen LogP contribution in [0.25, 0.3) is 0 Å². The van der Waals surface area contributed by atoms with Crippen molar-refractivity contribution in [1.29, 1.82) is 0 Å². The number of hydrogen-bond donors (Lipinski definition) is 1. The maximum absolute atomic E-state index is 11.2. The third-order valence-corrected chi connectivity index (χ3v) is 4.34. The molecular weight excluding hydrogens is 248 g/mol. The quantitative estimate of drug-likeness (QED) is 0.890. The monoisotopic (exact) mass is 266 g/mol. The first-order chi connectivity index (χ1) is 8.49. The van der Waals surface area contributed by atoms with Crippen molar-refractivity contribution in [2.24, 2.45) is 5.41 Å². The number of benzene rings is 1. The Morgan fingerprint density at radius 3 is 2.67 bits per heavy atom. The molecule has 4 heteroatoms. The molecule has 3 nitrogen and oxygen atoms in total. The molecule has 0 spiro atoms. The van der Waals surface area contributed by atoms with Crippen LogP contribution < -0.4 is 0 Å². The normalized spacial score (nSPS) is 16.3. The average molecular weight is 266 g/mol. The lowest BCUT2D eigenvalue weighted by Gasteiger charge is -2.27. The molecule has 0 saturated carbocycles. The molecule has 1 saturated heterocycles. The van der Waals surface area contributed by atoms with Gasteiger partial charge in [-0.3, -0.25) is 4.79 Å². The molecule has 0 radical (unpaired) electrons. The van der Waals surface area contributed by atoms with Crippen LogP contribution in [-0.2, 0) is 16.0 Å². The summed E-state index contributed by atoms with van der Waals surface area (Å²) in [7, 11) is 0. The molecule has 0 aromatic heterocycles. The maximum atomic E-state index is 11.2. The Morgan fingerprint density at radius 1 is 1.44 bits per heavy atom. The second-order valence-corrected chi connectivity index (χ2v) is 6.59.